The van der Waals surface area contributed by atoms with Gasteiger partial charge in [-0.15, -0.1) is 0 Å². The van der Waals surface area contributed by atoms with E-state index in [1.54, 1.807) is 12.1 Å². The monoisotopic (exact) mass is 304 g/mol. The number of hydrogen-bond donors (Lipinski definition) is 0. The van der Waals surface area contributed by atoms with Crippen LogP contribution in [0.2, 0.25) is 0 Å². The molecule has 124 valence electrons. The number of unbranched alkanes of at least 4 members (excludes halogenated alkanes) is 6. The van der Waals surface area contributed by atoms with Gasteiger partial charge in [0.25, 0.3) is 0 Å². The topological polar surface area (TPSA) is 0 Å². The molecule has 2 rings (SSSR count). The summed E-state index contributed by atoms with van der Waals surface area (Å²) in [6, 6.07) is 7.19. The van der Waals surface area contributed by atoms with Gasteiger partial charge >= 0.3 is 0 Å². The van der Waals surface area contributed by atoms with Gasteiger partial charge in [-0.3, -0.25) is 0 Å². The Morgan fingerprint density at radius 2 is 1.41 bits per heavy atom. The lowest BCUT2D eigenvalue weighted by molar-refractivity contribution is 0.301. The highest BCUT2D eigenvalue weighted by Gasteiger charge is 2.21. The summed E-state index contributed by atoms with van der Waals surface area (Å²) in [5.41, 5.74) is 1.34. The van der Waals surface area contributed by atoms with Crippen molar-refractivity contribution in [1.82, 2.24) is 0 Å². The Kier molecular flexibility index (Phi) is 7.98. The summed E-state index contributed by atoms with van der Waals surface area (Å²) in [7, 11) is 0. The summed E-state index contributed by atoms with van der Waals surface area (Å²) in [5.74, 6) is 1.51. The minimum Gasteiger partial charge on any atom is -0.207 e. The van der Waals surface area contributed by atoms with E-state index >= 15 is 0 Å². The molecule has 0 bridgehead atoms. The van der Waals surface area contributed by atoms with Crippen molar-refractivity contribution in [3.63, 3.8) is 0 Å². The summed E-state index contributed by atoms with van der Waals surface area (Å²) in [6.45, 7) is 2.28. The summed E-state index contributed by atoms with van der Waals surface area (Å²) in [6.07, 6.45) is 16.7. The van der Waals surface area contributed by atoms with Gasteiger partial charge in [0.1, 0.15) is 5.82 Å². The van der Waals surface area contributed by atoms with Crippen LogP contribution in [0.4, 0.5) is 4.39 Å². The molecule has 0 amide bonds. The predicted molar refractivity (Wildman–Crippen MR) is 93.7 cm³/mol. The van der Waals surface area contributed by atoms with Crippen LogP contribution in [0.5, 0.6) is 0 Å². The smallest absolute Gasteiger partial charge is 0.123 e. The third kappa shape index (κ3) is 6.10. The van der Waals surface area contributed by atoms with Gasteiger partial charge in [0, 0.05) is 0 Å². The zero-order valence-corrected chi connectivity index (χ0v) is 14.3. The molecule has 1 aromatic rings. The SMILES string of the molecule is CCCCCCCCC[C@H]1CC[C@H](c2ccc(F)cc2)CC1. The van der Waals surface area contributed by atoms with E-state index in [0.29, 0.717) is 5.92 Å². The molecule has 0 aromatic heterocycles. The van der Waals surface area contributed by atoms with E-state index in [-0.39, 0.29) is 5.82 Å². The Morgan fingerprint density at radius 3 is 2.05 bits per heavy atom. The summed E-state index contributed by atoms with van der Waals surface area (Å²) >= 11 is 0. The van der Waals surface area contributed by atoms with Gasteiger partial charge in [0.05, 0.1) is 0 Å². The van der Waals surface area contributed by atoms with Crippen LogP contribution in [0.1, 0.15) is 95.5 Å². The summed E-state index contributed by atoms with van der Waals surface area (Å²) in [4.78, 5) is 0. The van der Waals surface area contributed by atoms with Crippen molar-refractivity contribution in [3.05, 3.63) is 35.6 Å². The molecule has 0 radical (unpaired) electrons. The van der Waals surface area contributed by atoms with E-state index in [4.69, 9.17) is 0 Å². The fourth-order valence-electron chi connectivity index (χ4n) is 3.91. The van der Waals surface area contributed by atoms with Crippen LogP contribution in [0, 0.1) is 11.7 Å². The third-order valence-corrected chi connectivity index (χ3v) is 5.40. The minimum atomic E-state index is -0.114. The van der Waals surface area contributed by atoms with Gasteiger partial charge in [-0.1, -0.05) is 70.4 Å². The fraction of sp³-hybridized carbons (Fsp3) is 0.714. The molecule has 0 atom stereocenters. The highest BCUT2D eigenvalue weighted by Crippen LogP contribution is 2.37. The molecular weight excluding hydrogens is 271 g/mol. The van der Waals surface area contributed by atoms with Gasteiger partial charge in [-0.25, -0.2) is 4.39 Å². The minimum absolute atomic E-state index is 0.114. The Labute approximate surface area is 136 Å². The molecule has 1 fully saturated rings. The maximum Gasteiger partial charge on any atom is 0.123 e. The van der Waals surface area contributed by atoms with E-state index < -0.39 is 0 Å². The quantitative estimate of drug-likeness (QED) is 0.422. The number of hydrogen-bond acceptors (Lipinski definition) is 0. The molecule has 0 N–H and O–H groups in total. The first-order valence-corrected chi connectivity index (χ1v) is 9.55. The molecular formula is C21H33F. The van der Waals surface area contributed by atoms with Crippen molar-refractivity contribution in [1.29, 1.82) is 0 Å². The van der Waals surface area contributed by atoms with Crippen LogP contribution in [-0.2, 0) is 0 Å². The van der Waals surface area contributed by atoms with Crippen molar-refractivity contribution in [2.75, 3.05) is 0 Å². The molecule has 1 aliphatic rings. The van der Waals surface area contributed by atoms with Gasteiger partial charge in [0.15, 0.2) is 0 Å². The van der Waals surface area contributed by atoms with Crippen molar-refractivity contribution >= 4 is 0 Å². The third-order valence-electron chi connectivity index (χ3n) is 5.40. The van der Waals surface area contributed by atoms with Gasteiger partial charge in [-0.05, 0) is 55.2 Å². The Bertz CT molecular complexity index is 387. The molecule has 22 heavy (non-hydrogen) atoms. The lowest BCUT2D eigenvalue weighted by atomic mass is 9.77. The van der Waals surface area contributed by atoms with Crippen molar-refractivity contribution in [2.45, 2.75) is 89.9 Å². The second-order valence-electron chi connectivity index (χ2n) is 7.18. The number of rotatable bonds is 9. The van der Waals surface area contributed by atoms with Crippen molar-refractivity contribution < 1.29 is 4.39 Å². The first-order chi connectivity index (χ1) is 10.8. The van der Waals surface area contributed by atoms with E-state index in [1.807, 2.05) is 12.1 Å². The molecule has 1 aliphatic carbocycles. The average Bonchev–Trinajstić information content (AvgIpc) is 2.55. The molecule has 1 aromatic carbocycles. The van der Waals surface area contributed by atoms with E-state index in [1.165, 1.54) is 82.6 Å². The van der Waals surface area contributed by atoms with Crippen molar-refractivity contribution in [3.8, 4) is 0 Å². The zero-order chi connectivity index (χ0) is 15.6. The number of halogens is 1. The molecule has 0 aliphatic heterocycles. The summed E-state index contributed by atoms with van der Waals surface area (Å²) < 4.78 is 13.0. The van der Waals surface area contributed by atoms with Gasteiger partial charge < -0.3 is 0 Å². The van der Waals surface area contributed by atoms with E-state index in [9.17, 15) is 4.39 Å². The molecule has 1 saturated carbocycles. The van der Waals surface area contributed by atoms with Crippen molar-refractivity contribution in [2.24, 2.45) is 5.92 Å². The van der Waals surface area contributed by atoms with Crippen LogP contribution >= 0.6 is 0 Å². The standard InChI is InChI=1S/C21H33F/c1-2-3-4-5-6-7-8-9-18-10-12-19(13-11-18)20-14-16-21(22)17-15-20/h14-19H,2-13H2,1H3/t18-,19-. The molecule has 0 unspecified atom stereocenters. The zero-order valence-electron chi connectivity index (χ0n) is 14.3. The van der Waals surface area contributed by atoms with Crippen LogP contribution < -0.4 is 0 Å². The molecule has 0 nitrogen and oxygen atoms in total. The predicted octanol–water partition coefficient (Wildman–Crippen LogP) is 7.24. The van der Waals surface area contributed by atoms with Gasteiger partial charge in [0.2, 0.25) is 0 Å². The second-order valence-corrected chi connectivity index (χ2v) is 7.18. The largest absolute Gasteiger partial charge is 0.207 e. The second kappa shape index (κ2) is 10.0. The molecule has 1 heteroatoms. The van der Waals surface area contributed by atoms with E-state index in [2.05, 4.69) is 6.92 Å². The summed E-state index contributed by atoms with van der Waals surface area (Å²) in [5, 5.41) is 0. The first-order valence-electron chi connectivity index (χ1n) is 9.55. The highest BCUT2D eigenvalue weighted by atomic mass is 19.1. The maximum atomic E-state index is 13.0. The van der Waals surface area contributed by atoms with Crippen LogP contribution in [0.25, 0.3) is 0 Å². The fourth-order valence-corrected chi connectivity index (χ4v) is 3.91. The Morgan fingerprint density at radius 1 is 0.818 bits per heavy atom. The first kappa shape index (κ1) is 17.5. The highest BCUT2D eigenvalue weighted by molar-refractivity contribution is 5.20. The Hall–Kier alpha value is -0.850. The molecule has 0 saturated heterocycles. The Balaban J connectivity index is 1.56. The van der Waals surface area contributed by atoms with Crippen LogP contribution in [-0.4, -0.2) is 0 Å². The molecule has 0 heterocycles. The number of benzene rings is 1. The van der Waals surface area contributed by atoms with Crippen LogP contribution in [0.3, 0.4) is 0 Å². The van der Waals surface area contributed by atoms with Crippen LogP contribution in [0.15, 0.2) is 24.3 Å². The lowest BCUT2D eigenvalue weighted by Gasteiger charge is -2.28. The normalized spacial score (nSPS) is 21.9. The molecule has 0 spiro atoms. The van der Waals surface area contributed by atoms with Gasteiger partial charge in [-0.2, -0.15) is 0 Å². The average molecular weight is 304 g/mol. The van der Waals surface area contributed by atoms with E-state index in [0.717, 1.165) is 5.92 Å². The lowest BCUT2D eigenvalue weighted by Crippen LogP contribution is -2.13. The maximum absolute atomic E-state index is 13.0.